The summed E-state index contributed by atoms with van der Waals surface area (Å²) >= 11 is 0. The van der Waals surface area contributed by atoms with Crippen LogP contribution in [0.1, 0.15) is 45.6 Å². The Morgan fingerprint density at radius 1 is 1.03 bits per heavy atom. The number of carbonyl (C=O) groups is 1. The molecule has 2 aromatic rings. The van der Waals surface area contributed by atoms with Gasteiger partial charge >= 0.3 is 0 Å². The van der Waals surface area contributed by atoms with E-state index < -0.39 is 10.0 Å². The molecule has 1 aliphatic rings. The molecule has 1 amide bonds. The quantitative estimate of drug-likeness (QED) is 0.706. The van der Waals surface area contributed by atoms with Crippen molar-refractivity contribution < 1.29 is 17.9 Å². The van der Waals surface area contributed by atoms with E-state index >= 15 is 0 Å². The van der Waals surface area contributed by atoms with Gasteiger partial charge in [-0.25, -0.2) is 13.1 Å². The van der Waals surface area contributed by atoms with Gasteiger partial charge in [-0.2, -0.15) is 0 Å². The SMILES string of the molecule is CC(C)(C)c1ccc(S(=O)(=O)NC2CCN(C(=O)CCOc3ccccc3)CC2)cc1. The second kappa shape index (κ2) is 9.83. The maximum Gasteiger partial charge on any atom is 0.240 e. The zero-order chi connectivity index (χ0) is 22.5. The second-order valence-electron chi connectivity index (χ2n) is 8.96. The van der Waals surface area contributed by atoms with Gasteiger partial charge in [0.25, 0.3) is 0 Å². The Kier molecular flexibility index (Phi) is 7.38. The third-order valence-electron chi connectivity index (χ3n) is 5.53. The van der Waals surface area contributed by atoms with Crippen LogP contribution in [0.15, 0.2) is 59.5 Å². The predicted molar refractivity (Wildman–Crippen MR) is 122 cm³/mol. The van der Waals surface area contributed by atoms with Gasteiger partial charge in [-0.1, -0.05) is 51.1 Å². The Balaban J connectivity index is 1.46. The van der Waals surface area contributed by atoms with Crippen molar-refractivity contribution in [1.29, 1.82) is 0 Å². The zero-order valence-electron chi connectivity index (χ0n) is 18.5. The van der Waals surface area contributed by atoms with Crippen LogP contribution in [-0.2, 0) is 20.2 Å². The lowest BCUT2D eigenvalue weighted by atomic mass is 9.87. The number of rotatable bonds is 7. The highest BCUT2D eigenvalue weighted by Crippen LogP contribution is 2.24. The largest absolute Gasteiger partial charge is 0.493 e. The molecule has 0 radical (unpaired) electrons. The first-order chi connectivity index (χ1) is 14.6. The number of likely N-dealkylation sites (tertiary alicyclic amines) is 1. The van der Waals surface area contributed by atoms with Gasteiger partial charge in [0, 0.05) is 19.1 Å². The van der Waals surface area contributed by atoms with Gasteiger partial charge < -0.3 is 9.64 Å². The molecule has 1 heterocycles. The van der Waals surface area contributed by atoms with Crippen molar-refractivity contribution in [2.75, 3.05) is 19.7 Å². The predicted octanol–water partition coefficient (Wildman–Crippen LogP) is 3.72. The summed E-state index contributed by atoms with van der Waals surface area (Å²) in [5.74, 6) is 0.786. The van der Waals surface area contributed by atoms with E-state index in [4.69, 9.17) is 4.74 Å². The average molecular weight is 445 g/mol. The van der Waals surface area contributed by atoms with Gasteiger partial charge in [0.1, 0.15) is 5.75 Å². The topological polar surface area (TPSA) is 75.7 Å². The van der Waals surface area contributed by atoms with E-state index in [1.54, 1.807) is 17.0 Å². The van der Waals surface area contributed by atoms with E-state index in [0.717, 1.165) is 11.3 Å². The van der Waals surface area contributed by atoms with Crippen molar-refractivity contribution >= 4 is 15.9 Å². The smallest absolute Gasteiger partial charge is 0.240 e. The van der Waals surface area contributed by atoms with Gasteiger partial charge in [0.05, 0.1) is 17.9 Å². The molecular weight excluding hydrogens is 412 g/mol. The van der Waals surface area contributed by atoms with E-state index in [1.807, 2.05) is 42.5 Å². The van der Waals surface area contributed by atoms with E-state index in [9.17, 15) is 13.2 Å². The average Bonchev–Trinajstić information content (AvgIpc) is 2.74. The molecule has 31 heavy (non-hydrogen) atoms. The molecule has 0 bridgehead atoms. The van der Waals surface area contributed by atoms with Gasteiger partial charge in [0.15, 0.2) is 0 Å². The number of nitrogens with zero attached hydrogens (tertiary/aromatic N) is 1. The molecule has 1 aliphatic heterocycles. The molecule has 7 heteroatoms. The fourth-order valence-electron chi connectivity index (χ4n) is 3.60. The Labute approximate surface area is 185 Å². The van der Waals surface area contributed by atoms with Crippen LogP contribution < -0.4 is 9.46 Å². The van der Waals surface area contributed by atoms with Crippen LogP contribution >= 0.6 is 0 Å². The van der Waals surface area contributed by atoms with Crippen LogP contribution in [0.2, 0.25) is 0 Å². The van der Waals surface area contributed by atoms with Gasteiger partial charge in [-0.15, -0.1) is 0 Å². The minimum atomic E-state index is -3.58. The number of carbonyl (C=O) groups excluding carboxylic acids is 1. The summed E-state index contributed by atoms with van der Waals surface area (Å²) < 4.78 is 33.9. The molecule has 168 valence electrons. The molecular formula is C24H32N2O4S. The van der Waals surface area contributed by atoms with Gasteiger partial charge in [-0.05, 0) is 48.1 Å². The molecule has 0 aliphatic carbocycles. The molecule has 0 saturated carbocycles. The zero-order valence-corrected chi connectivity index (χ0v) is 19.3. The first-order valence-electron chi connectivity index (χ1n) is 10.7. The highest BCUT2D eigenvalue weighted by atomic mass is 32.2. The van der Waals surface area contributed by atoms with Crippen molar-refractivity contribution in [3.8, 4) is 5.75 Å². The standard InChI is InChI=1S/C24H32N2O4S/c1-24(2,3)19-9-11-22(12-10-19)31(28,29)25-20-13-16-26(17-14-20)23(27)15-18-30-21-7-5-4-6-8-21/h4-12,20,25H,13-18H2,1-3H3. The lowest BCUT2D eigenvalue weighted by molar-refractivity contribution is -0.132. The molecule has 3 rings (SSSR count). The fourth-order valence-corrected chi connectivity index (χ4v) is 4.90. The number of hydrogen-bond acceptors (Lipinski definition) is 4. The van der Waals surface area contributed by atoms with Gasteiger partial charge in [-0.3, -0.25) is 4.79 Å². The lowest BCUT2D eigenvalue weighted by Crippen LogP contribution is -2.46. The number of sulfonamides is 1. The second-order valence-corrected chi connectivity index (χ2v) is 10.7. The van der Waals surface area contributed by atoms with Crippen molar-refractivity contribution in [2.45, 2.75) is 56.4 Å². The monoisotopic (exact) mass is 444 g/mol. The number of amides is 1. The summed E-state index contributed by atoms with van der Waals surface area (Å²) in [6.07, 6.45) is 1.51. The molecule has 0 atom stereocenters. The molecule has 1 fully saturated rings. The van der Waals surface area contributed by atoms with E-state index in [-0.39, 0.29) is 22.3 Å². The van der Waals surface area contributed by atoms with Gasteiger partial charge in [0.2, 0.25) is 15.9 Å². The van der Waals surface area contributed by atoms with Crippen LogP contribution in [-0.4, -0.2) is 45.0 Å². The number of hydrogen-bond donors (Lipinski definition) is 1. The van der Waals surface area contributed by atoms with Crippen LogP contribution in [0, 0.1) is 0 Å². The van der Waals surface area contributed by atoms with Crippen LogP contribution in [0.3, 0.4) is 0 Å². The molecule has 1 N–H and O–H groups in total. The maximum absolute atomic E-state index is 12.7. The molecule has 0 aromatic heterocycles. The Bertz CT molecular complexity index is 959. The van der Waals surface area contributed by atoms with Crippen LogP contribution in [0.4, 0.5) is 0 Å². The summed E-state index contributed by atoms with van der Waals surface area (Å²) in [5.41, 5.74) is 1.07. The molecule has 6 nitrogen and oxygen atoms in total. The summed E-state index contributed by atoms with van der Waals surface area (Å²) in [6, 6.07) is 16.3. The van der Waals surface area contributed by atoms with Crippen molar-refractivity contribution in [3.63, 3.8) is 0 Å². The maximum atomic E-state index is 12.7. The first-order valence-corrected chi connectivity index (χ1v) is 12.2. The third-order valence-corrected chi connectivity index (χ3v) is 7.06. The summed E-state index contributed by atoms with van der Waals surface area (Å²) in [4.78, 5) is 14.5. The number of ether oxygens (including phenoxy) is 1. The summed E-state index contributed by atoms with van der Waals surface area (Å²) in [7, 11) is -3.58. The number of para-hydroxylation sites is 1. The third kappa shape index (κ3) is 6.55. The van der Waals surface area contributed by atoms with E-state index in [2.05, 4.69) is 25.5 Å². The van der Waals surface area contributed by atoms with Crippen LogP contribution in [0.25, 0.3) is 0 Å². The Morgan fingerprint density at radius 2 is 1.65 bits per heavy atom. The Morgan fingerprint density at radius 3 is 2.23 bits per heavy atom. The van der Waals surface area contributed by atoms with E-state index in [1.165, 1.54) is 0 Å². The van der Waals surface area contributed by atoms with Crippen molar-refractivity contribution in [2.24, 2.45) is 0 Å². The first kappa shape index (κ1) is 23.3. The normalized spacial score (nSPS) is 15.6. The highest BCUT2D eigenvalue weighted by Gasteiger charge is 2.27. The van der Waals surface area contributed by atoms with Crippen molar-refractivity contribution in [1.82, 2.24) is 9.62 Å². The number of nitrogens with one attached hydrogen (secondary N) is 1. The number of benzene rings is 2. The Hall–Kier alpha value is -2.38. The fraction of sp³-hybridized carbons (Fsp3) is 0.458. The summed E-state index contributed by atoms with van der Waals surface area (Å²) in [6.45, 7) is 7.70. The summed E-state index contributed by atoms with van der Waals surface area (Å²) in [5, 5.41) is 0. The van der Waals surface area contributed by atoms with E-state index in [0.29, 0.717) is 39.0 Å². The number of piperidine rings is 1. The minimum absolute atomic E-state index is 0.0266. The highest BCUT2D eigenvalue weighted by molar-refractivity contribution is 7.89. The lowest BCUT2D eigenvalue weighted by Gasteiger charge is -2.32. The molecule has 0 spiro atoms. The molecule has 0 unspecified atom stereocenters. The minimum Gasteiger partial charge on any atom is -0.493 e. The molecule has 1 saturated heterocycles. The van der Waals surface area contributed by atoms with Crippen LogP contribution in [0.5, 0.6) is 5.75 Å². The van der Waals surface area contributed by atoms with Crippen molar-refractivity contribution in [3.05, 3.63) is 60.2 Å². The molecule has 2 aromatic carbocycles.